The van der Waals surface area contributed by atoms with E-state index in [9.17, 15) is 0 Å². The highest BCUT2D eigenvalue weighted by atomic mass is 32.2. The lowest BCUT2D eigenvalue weighted by Crippen LogP contribution is -1.75. The minimum atomic E-state index is 0.780. The molecule has 0 N–H and O–H groups in total. The second-order valence-corrected chi connectivity index (χ2v) is 3.17. The molecule has 0 saturated carbocycles. The van der Waals surface area contributed by atoms with Crippen LogP contribution in [0.1, 0.15) is 12.8 Å². The van der Waals surface area contributed by atoms with Gasteiger partial charge in [-0.2, -0.15) is 0 Å². The molecule has 1 heteroatoms. The Morgan fingerprint density at radius 2 is 1.31 bits per heavy atom. The predicted molar refractivity (Wildman–Crippen MR) is 62.5 cm³/mol. The molecule has 0 radical (unpaired) electrons. The molecule has 0 heterocycles. The van der Waals surface area contributed by atoms with Crippen molar-refractivity contribution in [3.63, 3.8) is 0 Å². The fraction of sp³-hybridized carbons (Fsp3) is 0.333. The largest absolute Gasteiger partial charge is 0.136 e. The Balaban J connectivity index is 3.28. The standard InChI is InChI=1S/C12H14S/c1-3-5-7-9-11-13-12-10-8-6-4-2/h3-4H,1-2,5-6,11-12H2. The van der Waals surface area contributed by atoms with E-state index in [1.54, 1.807) is 11.8 Å². The molecule has 0 atom stereocenters. The molecule has 0 saturated heterocycles. The zero-order chi connectivity index (χ0) is 9.78. The van der Waals surface area contributed by atoms with E-state index >= 15 is 0 Å². The average Bonchev–Trinajstić information content (AvgIpc) is 2.16. The van der Waals surface area contributed by atoms with Crippen LogP contribution in [0.15, 0.2) is 25.3 Å². The zero-order valence-electron chi connectivity index (χ0n) is 7.81. The van der Waals surface area contributed by atoms with Crippen LogP contribution in [0.3, 0.4) is 0 Å². The normalized spacial score (nSPS) is 7.38. The summed E-state index contributed by atoms with van der Waals surface area (Å²) in [6, 6.07) is 0. The lowest BCUT2D eigenvalue weighted by atomic mass is 10.4. The summed E-state index contributed by atoms with van der Waals surface area (Å²) >= 11 is 1.74. The molecule has 0 bridgehead atoms. The molecule has 0 aromatic carbocycles. The van der Waals surface area contributed by atoms with Crippen molar-refractivity contribution < 1.29 is 0 Å². The molecule has 0 unspecified atom stereocenters. The third-order valence-corrected chi connectivity index (χ3v) is 1.79. The van der Waals surface area contributed by atoms with Gasteiger partial charge in [-0.05, 0) is 0 Å². The van der Waals surface area contributed by atoms with E-state index in [2.05, 4.69) is 36.8 Å². The van der Waals surface area contributed by atoms with Crippen molar-refractivity contribution in [3.8, 4) is 23.7 Å². The fourth-order valence-corrected chi connectivity index (χ4v) is 1.05. The van der Waals surface area contributed by atoms with Gasteiger partial charge in [0.25, 0.3) is 0 Å². The fourth-order valence-electron chi connectivity index (χ4n) is 0.544. The first-order valence-corrected chi connectivity index (χ1v) is 5.28. The summed E-state index contributed by atoms with van der Waals surface area (Å²) < 4.78 is 0. The first-order valence-electron chi connectivity index (χ1n) is 4.12. The molecule has 0 spiro atoms. The van der Waals surface area contributed by atoms with Crippen LogP contribution in [0.5, 0.6) is 0 Å². The topological polar surface area (TPSA) is 0 Å². The molecule has 0 rings (SSSR count). The van der Waals surface area contributed by atoms with Crippen molar-refractivity contribution in [2.45, 2.75) is 12.8 Å². The van der Waals surface area contributed by atoms with Gasteiger partial charge >= 0.3 is 0 Å². The molecule has 0 aliphatic rings. The number of rotatable bonds is 4. The van der Waals surface area contributed by atoms with Crippen LogP contribution in [0, 0.1) is 23.7 Å². The van der Waals surface area contributed by atoms with E-state index in [-0.39, 0.29) is 0 Å². The van der Waals surface area contributed by atoms with Gasteiger partial charge in [0.05, 0.1) is 11.5 Å². The highest BCUT2D eigenvalue weighted by molar-refractivity contribution is 7.99. The Morgan fingerprint density at radius 3 is 1.69 bits per heavy atom. The third-order valence-electron chi connectivity index (χ3n) is 1.09. The SMILES string of the molecule is C=CCC#CCSCC#CCC=C. The molecule has 0 nitrogen and oxygen atoms in total. The summed E-state index contributed by atoms with van der Waals surface area (Å²) in [5, 5.41) is 0. The van der Waals surface area contributed by atoms with Crippen LogP contribution in [0.4, 0.5) is 0 Å². The molecule has 0 aliphatic heterocycles. The molecule has 0 aromatic heterocycles. The maximum absolute atomic E-state index is 3.59. The van der Waals surface area contributed by atoms with Gasteiger partial charge in [0, 0.05) is 12.8 Å². The minimum Gasteiger partial charge on any atom is -0.136 e. The Kier molecular flexibility index (Phi) is 10.1. The molecule has 0 fully saturated rings. The van der Waals surface area contributed by atoms with E-state index in [0.29, 0.717) is 0 Å². The Bertz CT molecular complexity index is 226. The highest BCUT2D eigenvalue weighted by Gasteiger charge is 1.77. The smallest absolute Gasteiger partial charge is 0.0557 e. The van der Waals surface area contributed by atoms with E-state index in [0.717, 1.165) is 24.3 Å². The molecule has 68 valence electrons. The second kappa shape index (κ2) is 11.0. The predicted octanol–water partition coefficient (Wildman–Crippen LogP) is 2.88. The van der Waals surface area contributed by atoms with Crippen LogP contribution >= 0.6 is 11.8 Å². The first kappa shape index (κ1) is 11.9. The quantitative estimate of drug-likeness (QED) is 0.373. The van der Waals surface area contributed by atoms with Crippen LogP contribution in [0.2, 0.25) is 0 Å². The van der Waals surface area contributed by atoms with E-state index < -0.39 is 0 Å². The Morgan fingerprint density at radius 1 is 0.846 bits per heavy atom. The van der Waals surface area contributed by atoms with Gasteiger partial charge in [0.1, 0.15) is 0 Å². The summed E-state index contributed by atoms with van der Waals surface area (Å²) in [5.41, 5.74) is 0. The van der Waals surface area contributed by atoms with Crippen molar-refractivity contribution >= 4 is 11.8 Å². The minimum absolute atomic E-state index is 0.780. The molecule has 0 amide bonds. The zero-order valence-corrected chi connectivity index (χ0v) is 8.62. The van der Waals surface area contributed by atoms with Crippen molar-refractivity contribution in [2.75, 3.05) is 11.5 Å². The van der Waals surface area contributed by atoms with Gasteiger partial charge in [-0.15, -0.1) is 24.9 Å². The summed E-state index contributed by atoms with van der Waals surface area (Å²) in [6.07, 6.45) is 5.18. The van der Waals surface area contributed by atoms with E-state index in [1.807, 2.05) is 12.2 Å². The number of hydrogen-bond donors (Lipinski definition) is 0. The van der Waals surface area contributed by atoms with Crippen molar-refractivity contribution in [1.29, 1.82) is 0 Å². The van der Waals surface area contributed by atoms with Crippen molar-refractivity contribution in [1.82, 2.24) is 0 Å². The van der Waals surface area contributed by atoms with Crippen molar-refractivity contribution in [3.05, 3.63) is 25.3 Å². The van der Waals surface area contributed by atoms with Gasteiger partial charge in [-0.1, -0.05) is 35.8 Å². The third kappa shape index (κ3) is 10.9. The number of hydrogen-bond acceptors (Lipinski definition) is 1. The average molecular weight is 190 g/mol. The van der Waals surface area contributed by atoms with Crippen LogP contribution in [0.25, 0.3) is 0 Å². The highest BCUT2D eigenvalue weighted by Crippen LogP contribution is 1.95. The van der Waals surface area contributed by atoms with Gasteiger partial charge in [-0.3, -0.25) is 0 Å². The Labute approximate surface area is 85.5 Å². The van der Waals surface area contributed by atoms with Gasteiger partial charge in [0.15, 0.2) is 0 Å². The van der Waals surface area contributed by atoms with E-state index in [1.165, 1.54) is 0 Å². The maximum atomic E-state index is 3.59. The van der Waals surface area contributed by atoms with Crippen LogP contribution in [-0.4, -0.2) is 11.5 Å². The van der Waals surface area contributed by atoms with Gasteiger partial charge in [-0.25, -0.2) is 0 Å². The van der Waals surface area contributed by atoms with Crippen molar-refractivity contribution in [2.24, 2.45) is 0 Å². The summed E-state index contributed by atoms with van der Waals surface area (Å²) in [7, 11) is 0. The van der Waals surface area contributed by atoms with Gasteiger partial charge < -0.3 is 0 Å². The summed E-state index contributed by atoms with van der Waals surface area (Å²) in [5.74, 6) is 13.7. The molecular weight excluding hydrogens is 176 g/mol. The number of allylic oxidation sites excluding steroid dienone is 2. The molecular formula is C12H14S. The lowest BCUT2D eigenvalue weighted by Gasteiger charge is -1.84. The van der Waals surface area contributed by atoms with Crippen LogP contribution < -0.4 is 0 Å². The molecule has 0 aliphatic carbocycles. The van der Waals surface area contributed by atoms with Gasteiger partial charge in [0.2, 0.25) is 0 Å². The second-order valence-electron chi connectivity index (χ2n) is 2.19. The molecule has 13 heavy (non-hydrogen) atoms. The lowest BCUT2D eigenvalue weighted by molar-refractivity contribution is 1.48. The monoisotopic (exact) mass is 190 g/mol. The molecule has 0 aromatic rings. The Hall–Kier alpha value is -1.05. The van der Waals surface area contributed by atoms with E-state index in [4.69, 9.17) is 0 Å². The van der Waals surface area contributed by atoms with Crippen LogP contribution in [-0.2, 0) is 0 Å². The number of thioether (sulfide) groups is 1. The summed E-state index contributed by atoms with van der Waals surface area (Å²) in [4.78, 5) is 0. The summed E-state index contributed by atoms with van der Waals surface area (Å²) in [6.45, 7) is 7.17. The maximum Gasteiger partial charge on any atom is 0.0557 e. The first-order chi connectivity index (χ1) is 6.41.